The molecule has 0 aliphatic rings. The Kier molecular flexibility index (Phi) is 2.94. The minimum atomic E-state index is 0.525. The Balaban J connectivity index is 2.34. The van der Waals surface area contributed by atoms with Crippen LogP contribution < -0.4 is 5.73 Å². The zero-order valence-electron chi connectivity index (χ0n) is 8.68. The first-order chi connectivity index (χ1) is 7.35. The van der Waals surface area contributed by atoms with Gasteiger partial charge in [0.25, 0.3) is 0 Å². The van der Waals surface area contributed by atoms with Crippen LogP contribution >= 0.6 is 0 Å². The smallest absolute Gasteiger partial charge is 0.161 e. The first-order valence-corrected chi connectivity index (χ1v) is 4.86. The van der Waals surface area contributed by atoms with Crippen LogP contribution in [0.3, 0.4) is 0 Å². The van der Waals surface area contributed by atoms with E-state index in [1.54, 1.807) is 7.11 Å². The number of aromatic nitrogens is 3. The zero-order valence-corrected chi connectivity index (χ0v) is 8.68. The summed E-state index contributed by atoms with van der Waals surface area (Å²) in [6.07, 6.45) is 2.71. The van der Waals surface area contributed by atoms with Crippen molar-refractivity contribution >= 4 is 5.65 Å². The molecule has 2 N–H and O–H groups in total. The van der Waals surface area contributed by atoms with Crippen LogP contribution in [-0.2, 0) is 17.7 Å². The molecule has 0 saturated carbocycles. The number of nitrogens with zero attached hydrogens (tertiary/aromatic N) is 3. The van der Waals surface area contributed by atoms with Gasteiger partial charge < -0.3 is 10.5 Å². The summed E-state index contributed by atoms with van der Waals surface area (Å²) in [6, 6.07) is 3.93. The fourth-order valence-electron chi connectivity index (χ4n) is 1.47. The largest absolute Gasteiger partial charge is 0.384 e. The minimum absolute atomic E-state index is 0.525. The molecule has 2 rings (SSSR count). The highest BCUT2D eigenvalue weighted by molar-refractivity contribution is 5.41. The van der Waals surface area contributed by atoms with E-state index in [1.165, 1.54) is 0 Å². The molecule has 2 aromatic heterocycles. The van der Waals surface area contributed by atoms with Crippen LogP contribution in [0.2, 0.25) is 0 Å². The molecule has 0 spiro atoms. The van der Waals surface area contributed by atoms with Gasteiger partial charge in [-0.1, -0.05) is 0 Å². The molecule has 0 radical (unpaired) electrons. The zero-order chi connectivity index (χ0) is 10.7. The van der Waals surface area contributed by atoms with Crippen molar-refractivity contribution in [1.29, 1.82) is 0 Å². The van der Waals surface area contributed by atoms with Crippen LogP contribution in [-0.4, -0.2) is 28.3 Å². The van der Waals surface area contributed by atoms with Crippen molar-refractivity contribution in [3.8, 4) is 0 Å². The van der Waals surface area contributed by atoms with E-state index in [-0.39, 0.29) is 0 Å². The second-order valence-electron chi connectivity index (χ2n) is 3.33. The van der Waals surface area contributed by atoms with Crippen molar-refractivity contribution in [2.24, 2.45) is 5.73 Å². The Hall–Kier alpha value is -1.46. The van der Waals surface area contributed by atoms with Gasteiger partial charge in [0.05, 0.1) is 6.61 Å². The third kappa shape index (κ3) is 1.98. The van der Waals surface area contributed by atoms with E-state index in [0.717, 1.165) is 23.5 Å². The average Bonchev–Trinajstić information content (AvgIpc) is 2.68. The summed E-state index contributed by atoms with van der Waals surface area (Å²) < 4.78 is 6.96. The van der Waals surface area contributed by atoms with Gasteiger partial charge >= 0.3 is 0 Å². The summed E-state index contributed by atoms with van der Waals surface area (Å²) in [6.45, 7) is 1.18. The molecule has 80 valence electrons. The second-order valence-corrected chi connectivity index (χ2v) is 3.33. The predicted molar refractivity (Wildman–Crippen MR) is 56.5 cm³/mol. The quantitative estimate of drug-likeness (QED) is 0.785. The van der Waals surface area contributed by atoms with Gasteiger partial charge in [0, 0.05) is 26.3 Å². The van der Waals surface area contributed by atoms with E-state index in [9.17, 15) is 0 Å². The molecule has 5 nitrogen and oxygen atoms in total. The van der Waals surface area contributed by atoms with Crippen molar-refractivity contribution in [2.75, 3.05) is 13.7 Å². The molecule has 0 saturated heterocycles. The molecule has 0 atom stereocenters. The van der Waals surface area contributed by atoms with Gasteiger partial charge in [-0.05, 0) is 17.7 Å². The lowest BCUT2D eigenvalue weighted by Gasteiger charge is -2.00. The monoisotopic (exact) mass is 206 g/mol. The molecule has 0 unspecified atom stereocenters. The van der Waals surface area contributed by atoms with Crippen molar-refractivity contribution in [3.63, 3.8) is 0 Å². The number of fused-ring (bicyclic) bond motifs is 1. The van der Waals surface area contributed by atoms with E-state index in [1.807, 2.05) is 22.7 Å². The molecule has 0 aliphatic carbocycles. The van der Waals surface area contributed by atoms with E-state index in [4.69, 9.17) is 10.5 Å². The fraction of sp³-hybridized carbons (Fsp3) is 0.400. The van der Waals surface area contributed by atoms with Crippen LogP contribution in [0, 0.1) is 0 Å². The van der Waals surface area contributed by atoms with Crippen molar-refractivity contribution in [1.82, 2.24) is 14.6 Å². The van der Waals surface area contributed by atoms with Gasteiger partial charge in [-0.3, -0.25) is 4.40 Å². The van der Waals surface area contributed by atoms with Crippen molar-refractivity contribution < 1.29 is 4.74 Å². The molecule has 15 heavy (non-hydrogen) atoms. The van der Waals surface area contributed by atoms with Gasteiger partial charge in [0.2, 0.25) is 0 Å². The van der Waals surface area contributed by atoms with Gasteiger partial charge in [-0.25, -0.2) is 0 Å². The number of ether oxygens (including phenoxy) is 1. The molecule has 2 heterocycles. The Bertz CT molecular complexity index is 452. The summed E-state index contributed by atoms with van der Waals surface area (Å²) in [7, 11) is 1.68. The summed E-state index contributed by atoms with van der Waals surface area (Å²) in [4.78, 5) is 0. The Morgan fingerprint density at radius 3 is 3.07 bits per heavy atom. The summed E-state index contributed by atoms with van der Waals surface area (Å²) >= 11 is 0. The van der Waals surface area contributed by atoms with E-state index >= 15 is 0 Å². The average molecular weight is 206 g/mol. The van der Waals surface area contributed by atoms with Gasteiger partial charge in [-0.15, -0.1) is 10.2 Å². The maximum Gasteiger partial charge on any atom is 0.161 e. The Morgan fingerprint density at radius 1 is 1.47 bits per heavy atom. The third-order valence-corrected chi connectivity index (χ3v) is 2.31. The van der Waals surface area contributed by atoms with Crippen LogP contribution in [0.1, 0.15) is 11.4 Å². The number of rotatable bonds is 4. The van der Waals surface area contributed by atoms with E-state index in [0.29, 0.717) is 13.2 Å². The number of pyridine rings is 1. The summed E-state index contributed by atoms with van der Waals surface area (Å²) in [5.41, 5.74) is 7.45. The van der Waals surface area contributed by atoms with Crippen LogP contribution in [0.15, 0.2) is 18.3 Å². The highest BCUT2D eigenvalue weighted by atomic mass is 16.5. The lowest BCUT2D eigenvalue weighted by Crippen LogP contribution is -2.01. The molecule has 0 fully saturated rings. The van der Waals surface area contributed by atoms with Crippen LogP contribution in [0.5, 0.6) is 0 Å². The standard InChI is InChI=1S/C10H14N4O/c1-15-5-3-9-12-13-10-6-8(7-11)2-4-14(9)10/h2,4,6H,3,5,7,11H2,1H3. The van der Waals surface area contributed by atoms with Gasteiger partial charge in [-0.2, -0.15) is 0 Å². The van der Waals surface area contributed by atoms with Crippen molar-refractivity contribution in [3.05, 3.63) is 29.7 Å². The van der Waals surface area contributed by atoms with E-state index < -0.39 is 0 Å². The lowest BCUT2D eigenvalue weighted by molar-refractivity contribution is 0.200. The number of hydrogen-bond acceptors (Lipinski definition) is 4. The van der Waals surface area contributed by atoms with Gasteiger partial charge in [0.1, 0.15) is 5.82 Å². The molecule has 0 aliphatic heterocycles. The van der Waals surface area contributed by atoms with Crippen LogP contribution in [0.4, 0.5) is 0 Å². The normalized spacial score (nSPS) is 11.1. The summed E-state index contributed by atoms with van der Waals surface area (Å²) in [5.74, 6) is 0.912. The van der Waals surface area contributed by atoms with E-state index in [2.05, 4.69) is 10.2 Å². The van der Waals surface area contributed by atoms with Crippen molar-refractivity contribution in [2.45, 2.75) is 13.0 Å². The maximum atomic E-state index is 5.55. The van der Waals surface area contributed by atoms with Crippen LogP contribution in [0.25, 0.3) is 5.65 Å². The molecule has 0 bridgehead atoms. The third-order valence-electron chi connectivity index (χ3n) is 2.31. The molecular weight excluding hydrogens is 192 g/mol. The predicted octanol–water partition coefficient (Wildman–Crippen LogP) is 0.377. The van der Waals surface area contributed by atoms with Gasteiger partial charge in [0.15, 0.2) is 5.65 Å². The first kappa shape index (κ1) is 10.1. The highest BCUT2D eigenvalue weighted by Crippen LogP contribution is 2.07. The molecule has 0 aromatic carbocycles. The maximum absolute atomic E-state index is 5.55. The second kappa shape index (κ2) is 4.37. The summed E-state index contributed by atoms with van der Waals surface area (Å²) in [5, 5.41) is 8.18. The Morgan fingerprint density at radius 2 is 2.33 bits per heavy atom. The Labute approximate surface area is 87.9 Å². The fourth-order valence-corrected chi connectivity index (χ4v) is 1.47. The number of hydrogen-bond donors (Lipinski definition) is 1. The SMILES string of the molecule is COCCc1nnc2cc(CN)ccn12. The topological polar surface area (TPSA) is 65.4 Å². The molecular formula is C10H14N4O. The molecule has 0 amide bonds. The highest BCUT2D eigenvalue weighted by Gasteiger charge is 2.04. The first-order valence-electron chi connectivity index (χ1n) is 4.86. The number of nitrogens with two attached hydrogens (primary N) is 1. The minimum Gasteiger partial charge on any atom is -0.384 e. The lowest BCUT2D eigenvalue weighted by atomic mass is 10.2. The molecule has 5 heteroatoms. The number of methoxy groups -OCH3 is 1. The molecule has 2 aromatic rings.